The van der Waals surface area contributed by atoms with E-state index in [1.807, 2.05) is 6.92 Å². The van der Waals surface area contributed by atoms with Crippen LogP contribution in [0.5, 0.6) is 0 Å². The number of nitrogens with zero attached hydrogens (tertiary/aromatic N) is 1. The van der Waals surface area contributed by atoms with Gasteiger partial charge >= 0.3 is 5.97 Å². The Hall–Kier alpha value is -1.10. The van der Waals surface area contributed by atoms with E-state index in [2.05, 4.69) is 0 Å². The molecule has 1 spiro atoms. The zero-order valence-electron chi connectivity index (χ0n) is 11.9. The van der Waals surface area contributed by atoms with Crippen molar-refractivity contribution >= 4 is 11.9 Å². The molecule has 3 unspecified atom stereocenters. The molecule has 0 radical (unpaired) electrons. The first-order valence-electron chi connectivity index (χ1n) is 7.05. The molecule has 5 heteroatoms. The monoisotopic (exact) mass is 269 g/mol. The molecule has 2 rings (SSSR count). The van der Waals surface area contributed by atoms with E-state index in [9.17, 15) is 9.59 Å². The molecular formula is C14H23NO4. The van der Waals surface area contributed by atoms with Crippen LogP contribution < -0.4 is 0 Å². The number of hydrogen-bond donors (Lipinski definition) is 1. The van der Waals surface area contributed by atoms with Gasteiger partial charge in [0.1, 0.15) is 5.92 Å². The molecule has 3 atom stereocenters. The first kappa shape index (κ1) is 14.3. The van der Waals surface area contributed by atoms with Crippen LogP contribution in [0.4, 0.5) is 0 Å². The lowest BCUT2D eigenvalue weighted by molar-refractivity contribution is -0.204. The van der Waals surface area contributed by atoms with Gasteiger partial charge in [-0.15, -0.1) is 0 Å². The van der Waals surface area contributed by atoms with Crippen LogP contribution in [-0.4, -0.2) is 47.7 Å². The molecule has 2 aliphatic rings. The largest absolute Gasteiger partial charge is 0.481 e. The third-order valence-electron chi connectivity index (χ3n) is 4.95. The van der Waals surface area contributed by atoms with Gasteiger partial charge in [0.05, 0.1) is 6.10 Å². The van der Waals surface area contributed by atoms with Crippen molar-refractivity contribution in [2.45, 2.75) is 51.7 Å². The van der Waals surface area contributed by atoms with Crippen molar-refractivity contribution in [3.05, 3.63) is 0 Å². The SMILES string of the molecule is CCOC1CC(N(C)C(=O)C(C)C(=O)O)C12CCC2. The average molecular weight is 269 g/mol. The van der Waals surface area contributed by atoms with Gasteiger partial charge in [0.2, 0.25) is 5.91 Å². The predicted molar refractivity (Wildman–Crippen MR) is 69.7 cm³/mol. The molecule has 0 bridgehead atoms. The highest BCUT2D eigenvalue weighted by atomic mass is 16.5. The minimum absolute atomic E-state index is 0.0959. The number of carbonyl (C=O) groups is 2. The lowest BCUT2D eigenvalue weighted by Gasteiger charge is -2.63. The fraction of sp³-hybridized carbons (Fsp3) is 0.857. The minimum atomic E-state index is -1.06. The number of carboxylic acid groups (broad SMARTS) is 1. The molecule has 1 amide bonds. The van der Waals surface area contributed by atoms with E-state index >= 15 is 0 Å². The lowest BCUT2D eigenvalue weighted by Crippen LogP contribution is -2.68. The maximum atomic E-state index is 12.1. The molecule has 19 heavy (non-hydrogen) atoms. The summed E-state index contributed by atoms with van der Waals surface area (Å²) in [5.74, 6) is -2.31. The van der Waals surface area contributed by atoms with Crippen molar-refractivity contribution < 1.29 is 19.4 Å². The van der Waals surface area contributed by atoms with Gasteiger partial charge in [-0.1, -0.05) is 6.42 Å². The van der Waals surface area contributed by atoms with Crippen molar-refractivity contribution in [1.29, 1.82) is 0 Å². The number of rotatable bonds is 5. The summed E-state index contributed by atoms with van der Waals surface area (Å²) in [4.78, 5) is 24.7. The summed E-state index contributed by atoms with van der Waals surface area (Å²) in [5, 5.41) is 8.94. The molecule has 108 valence electrons. The van der Waals surface area contributed by atoms with Crippen LogP contribution in [0.1, 0.15) is 39.5 Å². The highest BCUT2D eigenvalue weighted by Crippen LogP contribution is 2.59. The minimum Gasteiger partial charge on any atom is -0.481 e. The normalized spacial score (nSPS) is 29.2. The number of carbonyl (C=O) groups excluding carboxylic acids is 1. The van der Waals surface area contributed by atoms with Crippen LogP contribution in [0, 0.1) is 11.3 Å². The van der Waals surface area contributed by atoms with E-state index in [4.69, 9.17) is 9.84 Å². The molecule has 5 nitrogen and oxygen atoms in total. The Morgan fingerprint density at radius 3 is 2.53 bits per heavy atom. The molecule has 0 aromatic rings. The zero-order valence-corrected chi connectivity index (χ0v) is 11.9. The van der Waals surface area contributed by atoms with Crippen LogP contribution >= 0.6 is 0 Å². The number of amides is 1. The number of carboxylic acids is 1. The van der Waals surface area contributed by atoms with Gasteiger partial charge in [-0.25, -0.2) is 0 Å². The third kappa shape index (κ3) is 2.14. The average Bonchev–Trinajstić information content (AvgIpc) is 2.29. The number of ether oxygens (including phenoxy) is 1. The van der Waals surface area contributed by atoms with Gasteiger partial charge in [-0.2, -0.15) is 0 Å². The van der Waals surface area contributed by atoms with E-state index < -0.39 is 11.9 Å². The molecule has 0 aromatic heterocycles. The molecule has 2 aliphatic carbocycles. The lowest BCUT2D eigenvalue weighted by atomic mass is 9.50. The molecule has 1 N–H and O–H groups in total. The van der Waals surface area contributed by atoms with Crippen LogP contribution in [0.25, 0.3) is 0 Å². The van der Waals surface area contributed by atoms with Gasteiger partial charge in [0, 0.05) is 25.1 Å². The van der Waals surface area contributed by atoms with E-state index in [1.54, 1.807) is 11.9 Å². The summed E-state index contributed by atoms with van der Waals surface area (Å²) in [5.41, 5.74) is 0.0959. The molecular weight excluding hydrogens is 246 g/mol. The molecule has 0 aliphatic heterocycles. The van der Waals surface area contributed by atoms with Gasteiger partial charge < -0.3 is 14.7 Å². The van der Waals surface area contributed by atoms with Crippen molar-refractivity contribution in [2.24, 2.45) is 11.3 Å². The first-order valence-corrected chi connectivity index (χ1v) is 7.05. The summed E-state index contributed by atoms with van der Waals surface area (Å²) < 4.78 is 5.75. The Morgan fingerprint density at radius 2 is 2.11 bits per heavy atom. The Bertz CT molecular complexity index is 378. The first-order chi connectivity index (χ1) is 8.94. The maximum Gasteiger partial charge on any atom is 0.315 e. The van der Waals surface area contributed by atoms with Gasteiger partial charge in [0.15, 0.2) is 0 Å². The quantitative estimate of drug-likeness (QED) is 0.768. The zero-order chi connectivity index (χ0) is 14.2. The van der Waals surface area contributed by atoms with Crippen LogP contribution in [0.3, 0.4) is 0 Å². The van der Waals surface area contributed by atoms with Crippen molar-refractivity contribution in [3.8, 4) is 0 Å². The second kappa shape index (κ2) is 5.12. The summed E-state index contributed by atoms with van der Waals surface area (Å²) in [6.07, 6.45) is 4.42. The second-order valence-electron chi connectivity index (χ2n) is 5.79. The highest BCUT2D eigenvalue weighted by molar-refractivity contribution is 5.96. The maximum absolute atomic E-state index is 12.1. The van der Waals surface area contributed by atoms with E-state index in [0.29, 0.717) is 6.61 Å². The Labute approximate surface area is 113 Å². The van der Waals surface area contributed by atoms with E-state index in [-0.39, 0.29) is 23.5 Å². The summed E-state index contributed by atoms with van der Waals surface area (Å²) >= 11 is 0. The standard InChI is InChI=1S/C14H23NO4/c1-4-19-11-8-10(14(11)6-5-7-14)15(3)12(16)9(2)13(17)18/h9-11H,4-8H2,1-3H3,(H,17,18). The molecule has 2 saturated carbocycles. The van der Waals surface area contributed by atoms with Crippen molar-refractivity contribution in [3.63, 3.8) is 0 Å². The summed E-state index contributed by atoms with van der Waals surface area (Å²) in [6.45, 7) is 4.14. The Balaban J connectivity index is 2.03. The summed E-state index contributed by atoms with van der Waals surface area (Å²) in [6, 6.07) is 0.145. The fourth-order valence-corrected chi connectivity index (χ4v) is 3.51. The van der Waals surface area contributed by atoms with Gasteiger partial charge in [0.25, 0.3) is 0 Å². The summed E-state index contributed by atoms with van der Waals surface area (Å²) in [7, 11) is 1.73. The van der Waals surface area contributed by atoms with E-state index in [0.717, 1.165) is 19.3 Å². The van der Waals surface area contributed by atoms with Crippen molar-refractivity contribution in [2.75, 3.05) is 13.7 Å². The Morgan fingerprint density at radius 1 is 1.47 bits per heavy atom. The molecule has 2 fully saturated rings. The van der Waals surface area contributed by atoms with Crippen LogP contribution in [-0.2, 0) is 14.3 Å². The van der Waals surface area contributed by atoms with Gasteiger partial charge in [-0.05, 0) is 33.1 Å². The van der Waals surface area contributed by atoms with E-state index in [1.165, 1.54) is 13.3 Å². The van der Waals surface area contributed by atoms with Gasteiger partial charge in [-0.3, -0.25) is 9.59 Å². The predicted octanol–water partition coefficient (Wildman–Crippen LogP) is 1.51. The number of aliphatic carboxylic acids is 1. The topological polar surface area (TPSA) is 66.8 Å². The third-order valence-corrected chi connectivity index (χ3v) is 4.95. The smallest absolute Gasteiger partial charge is 0.315 e. The van der Waals surface area contributed by atoms with Crippen molar-refractivity contribution in [1.82, 2.24) is 4.90 Å². The van der Waals surface area contributed by atoms with Crippen LogP contribution in [0.2, 0.25) is 0 Å². The molecule has 0 aromatic carbocycles. The van der Waals surface area contributed by atoms with Crippen LogP contribution in [0.15, 0.2) is 0 Å². The number of hydrogen-bond acceptors (Lipinski definition) is 3. The molecule has 0 heterocycles. The highest BCUT2D eigenvalue weighted by Gasteiger charge is 2.61. The Kier molecular flexibility index (Phi) is 3.85. The fourth-order valence-electron chi connectivity index (χ4n) is 3.51. The second-order valence-corrected chi connectivity index (χ2v) is 5.79. The molecule has 0 saturated heterocycles.